The highest BCUT2D eigenvalue weighted by Crippen LogP contribution is 2.25. The molecule has 0 spiro atoms. The van der Waals surface area contributed by atoms with Crippen LogP contribution in [0.5, 0.6) is 0 Å². The van der Waals surface area contributed by atoms with Crippen LogP contribution in [0, 0.1) is 12.7 Å². The predicted octanol–water partition coefficient (Wildman–Crippen LogP) is 5.03. The van der Waals surface area contributed by atoms with Crippen LogP contribution in [0.3, 0.4) is 0 Å². The van der Waals surface area contributed by atoms with Crippen molar-refractivity contribution in [3.8, 4) is 0 Å². The normalized spacial score (nSPS) is 12.2. The van der Waals surface area contributed by atoms with Crippen LogP contribution >= 0.6 is 15.9 Å². The van der Waals surface area contributed by atoms with Gasteiger partial charge in [0.25, 0.3) is 10.0 Å². The van der Waals surface area contributed by atoms with E-state index in [-0.39, 0.29) is 29.1 Å². The standard InChI is InChI=1S/C28H31BrFN3O4S/c1-19(2)31-28(35)21(4)32(17-22-6-5-7-23(29)16-22)27(34)18-33(25-12-10-24(30)11-13-25)38(36,37)26-14-8-20(3)9-15-26/h5-16,19,21H,17-18H2,1-4H3,(H,31,35)/t21-/m0/s1. The smallest absolute Gasteiger partial charge is 0.264 e. The van der Waals surface area contributed by atoms with Crippen LogP contribution in [0.2, 0.25) is 0 Å². The number of hydrogen-bond acceptors (Lipinski definition) is 4. The Balaban J connectivity index is 2.02. The molecule has 1 N–H and O–H groups in total. The Bertz CT molecular complexity index is 1380. The van der Waals surface area contributed by atoms with Gasteiger partial charge in [-0.1, -0.05) is 45.8 Å². The minimum Gasteiger partial charge on any atom is -0.352 e. The molecule has 0 aliphatic rings. The number of carbonyl (C=O) groups is 2. The zero-order valence-corrected chi connectivity index (χ0v) is 24.1. The SMILES string of the molecule is Cc1ccc(S(=O)(=O)N(CC(=O)N(Cc2cccc(Br)c2)[C@@H](C)C(=O)NC(C)C)c2ccc(F)cc2)cc1. The number of halogens is 2. The molecule has 0 heterocycles. The first-order valence-electron chi connectivity index (χ1n) is 12.1. The van der Waals surface area contributed by atoms with E-state index in [1.807, 2.05) is 45.0 Å². The summed E-state index contributed by atoms with van der Waals surface area (Å²) < 4.78 is 42.9. The maximum absolute atomic E-state index is 13.8. The van der Waals surface area contributed by atoms with Crippen molar-refractivity contribution in [2.45, 2.75) is 51.2 Å². The second-order valence-electron chi connectivity index (χ2n) is 9.29. The van der Waals surface area contributed by atoms with E-state index in [9.17, 15) is 22.4 Å². The van der Waals surface area contributed by atoms with Crippen LogP contribution in [0.15, 0.2) is 82.2 Å². The third-order valence-corrected chi connectivity index (χ3v) is 8.12. The lowest BCUT2D eigenvalue weighted by Gasteiger charge is -2.32. The molecule has 3 rings (SSSR count). The van der Waals surface area contributed by atoms with Crippen molar-refractivity contribution in [3.05, 3.63) is 94.2 Å². The number of carbonyl (C=O) groups excluding carboxylic acids is 2. The summed E-state index contributed by atoms with van der Waals surface area (Å²) in [7, 11) is -4.20. The Morgan fingerprint density at radius 3 is 2.18 bits per heavy atom. The molecule has 1 atom stereocenters. The highest BCUT2D eigenvalue weighted by molar-refractivity contribution is 9.10. The van der Waals surface area contributed by atoms with E-state index in [1.54, 1.807) is 19.1 Å². The van der Waals surface area contributed by atoms with E-state index in [0.717, 1.165) is 32.0 Å². The minimum absolute atomic E-state index is 0.00985. The molecule has 0 unspecified atom stereocenters. The number of nitrogens with zero attached hydrogens (tertiary/aromatic N) is 2. The Kier molecular flexibility index (Phi) is 9.67. The number of sulfonamides is 1. The summed E-state index contributed by atoms with van der Waals surface area (Å²) in [5.74, 6) is -1.49. The second kappa shape index (κ2) is 12.5. The van der Waals surface area contributed by atoms with Crippen molar-refractivity contribution in [1.29, 1.82) is 0 Å². The first kappa shape index (κ1) is 29.3. The Hall–Kier alpha value is -3.24. The summed E-state index contributed by atoms with van der Waals surface area (Å²) in [4.78, 5) is 28.1. The third-order valence-electron chi connectivity index (χ3n) is 5.84. The summed E-state index contributed by atoms with van der Waals surface area (Å²) >= 11 is 3.42. The van der Waals surface area contributed by atoms with Crippen LogP contribution in [-0.4, -0.2) is 43.8 Å². The number of benzene rings is 3. The third kappa shape index (κ3) is 7.41. The van der Waals surface area contributed by atoms with Gasteiger partial charge in [-0.2, -0.15) is 0 Å². The van der Waals surface area contributed by atoms with Gasteiger partial charge in [-0.3, -0.25) is 13.9 Å². The van der Waals surface area contributed by atoms with Crippen molar-refractivity contribution >= 4 is 43.5 Å². The molecule has 0 aromatic heterocycles. The molecule has 3 aromatic carbocycles. The van der Waals surface area contributed by atoms with E-state index in [1.165, 1.54) is 29.2 Å². The fraction of sp³-hybridized carbons (Fsp3) is 0.286. The molecule has 0 radical (unpaired) electrons. The molecule has 0 fully saturated rings. The Labute approximate surface area is 231 Å². The first-order chi connectivity index (χ1) is 17.9. The zero-order valence-electron chi connectivity index (χ0n) is 21.7. The van der Waals surface area contributed by atoms with Gasteiger partial charge in [-0.05, 0) is 81.8 Å². The van der Waals surface area contributed by atoms with Gasteiger partial charge in [0.05, 0.1) is 10.6 Å². The molecular weight excluding hydrogens is 573 g/mol. The van der Waals surface area contributed by atoms with Gasteiger partial charge in [0.1, 0.15) is 18.4 Å². The van der Waals surface area contributed by atoms with Crippen molar-refractivity contribution in [2.75, 3.05) is 10.8 Å². The number of nitrogens with one attached hydrogen (secondary N) is 1. The average Bonchev–Trinajstić information content (AvgIpc) is 2.86. The summed E-state index contributed by atoms with van der Waals surface area (Å²) in [6.45, 7) is 6.55. The molecule has 7 nitrogen and oxygen atoms in total. The van der Waals surface area contributed by atoms with E-state index in [4.69, 9.17) is 0 Å². The molecule has 0 aliphatic heterocycles. The maximum atomic E-state index is 13.8. The molecule has 10 heteroatoms. The number of aryl methyl sites for hydroxylation is 1. The zero-order chi connectivity index (χ0) is 28.0. The monoisotopic (exact) mass is 603 g/mol. The molecule has 202 valence electrons. The van der Waals surface area contributed by atoms with E-state index in [2.05, 4.69) is 21.2 Å². The molecule has 0 bridgehead atoms. The summed E-state index contributed by atoms with van der Waals surface area (Å²) in [5, 5.41) is 2.81. The molecule has 3 aromatic rings. The van der Waals surface area contributed by atoms with E-state index >= 15 is 0 Å². The number of rotatable bonds is 10. The predicted molar refractivity (Wildman–Crippen MR) is 150 cm³/mol. The lowest BCUT2D eigenvalue weighted by molar-refractivity contribution is -0.139. The van der Waals surface area contributed by atoms with Crippen molar-refractivity contribution in [1.82, 2.24) is 10.2 Å². The quantitative estimate of drug-likeness (QED) is 0.352. The van der Waals surface area contributed by atoms with Crippen molar-refractivity contribution in [3.63, 3.8) is 0 Å². The molecule has 38 heavy (non-hydrogen) atoms. The molecule has 0 saturated carbocycles. The van der Waals surface area contributed by atoms with Gasteiger partial charge in [-0.15, -0.1) is 0 Å². The molecule has 2 amide bonds. The van der Waals surface area contributed by atoms with Crippen LogP contribution in [0.1, 0.15) is 31.9 Å². The van der Waals surface area contributed by atoms with Gasteiger partial charge in [0.15, 0.2) is 0 Å². The number of hydrogen-bond donors (Lipinski definition) is 1. The topological polar surface area (TPSA) is 86.8 Å². The van der Waals surface area contributed by atoms with Crippen LogP contribution < -0.4 is 9.62 Å². The Morgan fingerprint density at radius 2 is 1.61 bits per heavy atom. The van der Waals surface area contributed by atoms with Crippen molar-refractivity contribution < 1.29 is 22.4 Å². The van der Waals surface area contributed by atoms with Crippen LogP contribution in [0.25, 0.3) is 0 Å². The number of amides is 2. The lowest BCUT2D eigenvalue weighted by atomic mass is 10.1. The van der Waals surface area contributed by atoms with Gasteiger partial charge in [0.2, 0.25) is 11.8 Å². The van der Waals surface area contributed by atoms with Gasteiger partial charge >= 0.3 is 0 Å². The highest BCUT2D eigenvalue weighted by atomic mass is 79.9. The van der Waals surface area contributed by atoms with Crippen molar-refractivity contribution in [2.24, 2.45) is 0 Å². The fourth-order valence-corrected chi connectivity index (χ4v) is 5.65. The fourth-order valence-electron chi connectivity index (χ4n) is 3.79. The highest BCUT2D eigenvalue weighted by Gasteiger charge is 2.32. The molecule has 0 saturated heterocycles. The largest absolute Gasteiger partial charge is 0.352 e. The average molecular weight is 605 g/mol. The molecule has 0 aliphatic carbocycles. The first-order valence-corrected chi connectivity index (χ1v) is 14.3. The maximum Gasteiger partial charge on any atom is 0.264 e. The minimum atomic E-state index is -4.20. The summed E-state index contributed by atoms with van der Waals surface area (Å²) in [6.07, 6.45) is 0. The Morgan fingerprint density at radius 1 is 0.974 bits per heavy atom. The number of anilines is 1. The van der Waals surface area contributed by atoms with E-state index < -0.39 is 34.3 Å². The summed E-state index contributed by atoms with van der Waals surface area (Å²) in [6, 6.07) is 17.4. The lowest BCUT2D eigenvalue weighted by Crippen LogP contribution is -2.52. The van der Waals surface area contributed by atoms with Gasteiger partial charge in [-0.25, -0.2) is 12.8 Å². The second-order valence-corrected chi connectivity index (χ2v) is 12.1. The molecular formula is C28H31BrFN3O4S. The van der Waals surface area contributed by atoms with Crippen LogP contribution in [0.4, 0.5) is 10.1 Å². The summed E-state index contributed by atoms with van der Waals surface area (Å²) in [5.41, 5.74) is 1.76. The van der Waals surface area contributed by atoms with E-state index in [0.29, 0.717) is 0 Å². The van der Waals surface area contributed by atoms with Gasteiger partial charge < -0.3 is 10.2 Å². The van der Waals surface area contributed by atoms with Gasteiger partial charge in [0, 0.05) is 17.1 Å². The van der Waals surface area contributed by atoms with Crippen LogP contribution in [-0.2, 0) is 26.2 Å².